The Bertz CT molecular complexity index is 808. The van der Waals surface area contributed by atoms with Crippen LogP contribution in [-0.2, 0) is 4.79 Å². The van der Waals surface area contributed by atoms with Gasteiger partial charge in [-0.05, 0) is 38.0 Å². The molecule has 0 saturated heterocycles. The molecule has 3 rings (SSSR count). The van der Waals surface area contributed by atoms with E-state index in [9.17, 15) is 9.18 Å². The third-order valence-electron chi connectivity index (χ3n) is 4.88. The second kappa shape index (κ2) is 8.39. The van der Waals surface area contributed by atoms with Gasteiger partial charge in [0.05, 0.1) is 26.5 Å². The van der Waals surface area contributed by atoms with Crippen molar-refractivity contribution in [2.75, 3.05) is 26.1 Å². The number of amides is 1. The summed E-state index contributed by atoms with van der Waals surface area (Å²) in [6.07, 6.45) is 2.05. The number of halogens is 1. The number of rotatable bonds is 8. The minimum absolute atomic E-state index is 0.159. The van der Waals surface area contributed by atoms with Gasteiger partial charge in [-0.25, -0.2) is 4.39 Å². The highest BCUT2D eigenvalue weighted by Gasteiger charge is 2.34. The van der Waals surface area contributed by atoms with Gasteiger partial charge in [0, 0.05) is 23.7 Å². The lowest BCUT2D eigenvalue weighted by atomic mass is 10.1. The van der Waals surface area contributed by atoms with Crippen LogP contribution in [0.4, 0.5) is 10.1 Å². The summed E-state index contributed by atoms with van der Waals surface area (Å²) in [6.45, 7) is 2.13. The van der Waals surface area contributed by atoms with E-state index in [1.165, 1.54) is 6.07 Å². The van der Waals surface area contributed by atoms with E-state index in [0.29, 0.717) is 28.8 Å². The van der Waals surface area contributed by atoms with E-state index in [0.717, 1.165) is 12.8 Å². The van der Waals surface area contributed by atoms with Gasteiger partial charge >= 0.3 is 0 Å². The molecule has 1 atom stereocenters. The van der Waals surface area contributed by atoms with Crippen molar-refractivity contribution in [2.24, 2.45) is 0 Å². The van der Waals surface area contributed by atoms with Crippen LogP contribution in [0.25, 0.3) is 0 Å². The molecule has 2 aromatic carbocycles. The van der Waals surface area contributed by atoms with Crippen molar-refractivity contribution < 1.29 is 18.7 Å². The van der Waals surface area contributed by atoms with Crippen LogP contribution in [0.2, 0.25) is 0 Å². The monoisotopic (exact) mass is 372 g/mol. The number of carbonyl (C=O) groups is 1. The number of methoxy groups -OCH3 is 2. The molecule has 0 bridgehead atoms. The molecule has 1 amide bonds. The topological polar surface area (TPSA) is 50.8 Å². The zero-order valence-electron chi connectivity index (χ0n) is 15.9. The number of ether oxygens (including phenoxy) is 2. The van der Waals surface area contributed by atoms with Crippen LogP contribution in [0.5, 0.6) is 11.5 Å². The van der Waals surface area contributed by atoms with Gasteiger partial charge < -0.3 is 14.8 Å². The first-order chi connectivity index (χ1) is 13.0. The molecular weight excluding hydrogens is 347 g/mol. The van der Waals surface area contributed by atoms with Gasteiger partial charge in [-0.1, -0.05) is 18.2 Å². The minimum atomic E-state index is -0.243. The standard InChI is InChI=1S/C21H25FN2O3/c1-14(17-6-4-5-7-18(17)22)24(15-8-9-15)13-21(25)23-19-11-10-16(26-2)12-20(19)27-3/h4-7,10-12,14-15H,8-9,13H2,1-3H3,(H,23,25). The molecule has 0 aliphatic heterocycles. The van der Waals surface area contributed by atoms with E-state index in [4.69, 9.17) is 9.47 Å². The number of anilines is 1. The lowest BCUT2D eigenvalue weighted by Gasteiger charge is -2.29. The Balaban J connectivity index is 1.72. The van der Waals surface area contributed by atoms with Crippen LogP contribution >= 0.6 is 0 Å². The molecule has 1 N–H and O–H groups in total. The van der Waals surface area contributed by atoms with Gasteiger partial charge in [0.2, 0.25) is 5.91 Å². The summed E-state index contributed by atoms with van der Waals surface area (Å²) >= 11 is 0. The fourth-order valence-electron chi connectivity index (χ4n) is 3.24. The summed E-state index contributed by atoms with van der Waals surface area (Å²) in [5.74, 6) is 0.780. The summed E-state index contributed by atoms with van der Waals surface area (Å²) in [4.78, 5) is 14.7. The van der Waals surface area contributed by atoms with Crippen molar-refractivity contribution in [1.82, 2.24) is 4.90 Å². The largest absolute Gasteiger partial charge is 0.497 e. The summed E-state index contributed by atoms with van der Waals surface area (Å²) in [5, 5.41) is 2.89. The van der Waals surface area contributed by atoms with Crippen molar-refractivity contribution in [1.29, 1.82) is 0 Å². The first kappa shape index (κ1) is 19.2. The van der Waals surface area contributed by atoms with Crippen molar-refractivity contribution in [2.45, 2.75) is 31.8 Å². The highest BCUT2D eigenvalue weighted by atomic mass is 19.1. The second-order valence-corrected chi connectivity index (χ2v) is 6.72. The summed E-state index contributed by atoms with van der Waals surface area (Å²) in [6, 6.07) is 12.1. The van der Waals surface area contributed by atoms with Crippen LogP contribution in [-0.4, -0.2) is 37.6 Å². The van der Waals surface area contributed by atoms with Gasteiger partial charge in [-0.3, -0.25) is 9.69 Å². The highest BCUT2D eigenvalue weighted by Crippen LogP contribution is 2.35. The van der Waals surface area contributed by atoms with E-state index in [-0.39, 0.29) is 24.3 Å². The zero-order chi connectivity index (χ0) is 19.4. The van der Waals surface area contributed by atoms with Crippen LogP contribution in [0.1, 0.15) is 31.4 Å². The quantitative estimate of drug-likeness (QED) is 0.761. The SMILES string of the molecule is COc1ccc(NC(=O)CN(C2CC2)C(C)c2ccccc2F)c(OC)c1. The molecule has 1 aliphatic rings. The number of benzene rings is 2. The van der Waals surface area contributed by atoms with E-state index in [2.05, 4.69) is 10.2 Å². The van der Waals surface area contributed by atoms with Crippen LogP contribution < -0.4 is 14.8 Å². The predicted molar refractivity (Wildman–Crippen MR) is 103 cm³/mol. The number of nitrogens with one attached hydrogen (secondary N) is 1. The molecule has 1 saturated carbocycles. The van der Waals surface area contributed by atoms with E-state index < -0.39 is 0 Å². The third-order valence-corrected chi connectivity index (χ3v) is 4.88. The molecule has 0 spiro atoms. The lowest BCUT2D eigenvalue weighted by Crippen LogP contribution is -2.37. The number of hydrogen-bond acceptors (Lipinski definition) is 4. The summed E-state index contributed by atoms with van der Waals surface area (Å²) < 4.78 is 24.7. The molecule has 0 radical (unpaired) electrons. The van der Waals surface area contributed by atoms with Gasteiger partial charge in [0.25, 0.3) is 0 Å². The Morgan fingerprint density at radius 3 is 2.59 bits per heavy atom. The highest BCUT2D eigenvalue weighted by molar-refractivity contribution is 5.93. The zero-order valence-corrected chi connectivity index (χ0v) is 15.9. The minimum Gasteiger partial charge on any atom is -0.497 e. The van der Waals surface area contributed by atoms with Crippen molar-refractivity contribution in [3.8, 4) is 11.5 Å². The molecule has 1 fully saturated rings. The van der Waals surface area contributed by atoms with Gasteiger partial charge in [-0.15, -0.1) is 0 Å². The van der Waals surface area contributed by atoms with Crippen LogP contribution in [0.15, 0.2) is 42.5 Å². The molecule has 0 heterocycles. The van der Waals surface area contributed by atoms with Crippen molar-refractivity contribution >= 4 is 11.6 Å². The maximum atomic E-state index is 14.2. The fourth-order valence-corrected chi connectivity index (χ4v) is 3.24. The molecule has 1 unspecified atom stereocenters. The first-order valence-corrected chi connectivity index (χ1v) is 9.05. The van der Waals surface area contributed by atoms with E-state index >= 15 is 0 Å². The number of carbonyl (C=O) groups excluding carboxylic acids is 1. The predicted octanol–water partition coefficient (Wildman–Crippen LogP) is 4.01. The fraction of sp³-hybridized carbons (Fsp3) is 0.381. The Morgan fingerprint density at radius 2 is 1.96 bits per heavy atom. The maximum absolute atomic E-state index is 14.2. The maximum Gasteiger partial charge on any atom is 0.238 e. The Morgan fingerprint density at radius 1 is 1.22 bits per heavy atom. The first-order valence-electron chi connectivity index (χ1n) is 9.05. The second-order valence-electron chi connectivity index (χ2n) is 6.72. The van der Waals surface area contributed by atoms with Crippen LogP contribution in [0.3, 0.4) is 0 Å². The number of hydrogen-bond donors (Lipinski definition) is 1. The third kappa shape index (κ3) is 4.57. The summed E-state index contributed by atoms with van der Waals surface area (Å²) in [5.41, 5.74) is 1.19. The van der Waals surface area contributed by atoms with Gasteiger partial charge in [0.1, 0.15) is 17.3 Å². The average Bonchev–Trinajstić information content (AvgIpc) is 3.51. The molecule has 0 aromatic heterocycles. The molecular formula is C21H25FN2O3. The Labute approximate surface area is 159 Å². The smallest absolute Gasteiger partial charge is 0.238 e. The van der Waals surface area contributed by atoms with Crippen LogP contribution in [0, 0.1) is 5.82 Å². The molecule has 5 nitrogen and oxygen atoms in total. The van der Waals surface area contributed by atoms with Gasteiger partial charge in [-0.2, -0.15) is 0 Å². The van der Waals surface area contributed by atoms with E-state index in [1.54, 1.807) is 44.6 Å². The average molecular weight is 372 g/mol. The molecule has 6 heteroatoms. The number of nitrogens with zero attached hydrogens (tertiary/aromatic N) is 1. The molecule has 2 aromatic rings. The lowest BCUT2D eigenvalue weighted by molar-refractivity contribution is -0.118. The van der Waals surface area contributed by atoms with E-state index in [1.807, 2.05) is 13.0 Å². The van der Waals surface area contributed by atoms with Gasteiger partial charge in [0.15, 0.2) is 0 Å². The molecule has 27 heavy (non-hydrogen) atoms. The van der Waals surface area contributed by atoms with Crippen molar-refractivity contribution in [3.05, 3.63) is 53.8 Å². The molecule has 144 valence electrons. The Hall–Kier alpha value is -2.60. The van der Waals surface area contributed by atoms with Crippen molar-refractivity contribution in [3.63, 3.8) is 0 Å². The summed E-state index contributed by atoms with van der Waals surface area (Å²) in [7, 11) is 3.12. The Kier molecular flexibility index (Phi) is 5.96. The normalized spacial score (nSPS) is 14.7. The molecule has 1 aliphatic carbocycles.